The average Bonchev–Trinajstić information content (AvgIpc) is 1.20. The van der Waals surface area contributed by atoms with E-state index in [-0.39, 0.29) is 110 Å². The zero-order chi connectivity index (χ0) is 108. The van der Waals surface area contributed by atoms with Crippen LogP contribution in [0.4, 0.5) is 8.78 Å². The molecule has 0 bridgehead atoms. The number of Topliss-reactive ketones (excluding diaryl/α,β-unsaturated/α-hetero) is 7. The Labute approximate surface area is 832 Å². The maximum Gasteiger partial charge on any atom is 0.168 e. The highest BCUT2D eigenvalue weighted by Crippen LogP contribution is 2.24. The van der Waals surface area contributed by atoms with E-state index in [1.54, 1.807) is 182 Å². The predicted molar refractivity (Wildman–Crippen MR) is 515 cm³/mol. The Balaban J connectivity index is 0.00000163. The number of rotatable bonds is 51. The van der Waals surface area contributed by atoms with Crippen LogP contribution in [0, 0.1) is 11.6 Å². The maximum absolute atomic E-state index is 13.4. The van der Waals surface area contributed by atoms with Gasteiger partial charge in [-0.25, -0.2) is 8.78 Å². The van der Waals surface area contributed by atoms with Crippen molar-refractivity contribution >= 4 is 63.7 Å². The summed E-state index contributed by atoms with van der Waals surface area (Å²) in [5.74, 6) is -5.82. The molecule has 28 atom stereocenters. The monoisotopic (exact) mass is 2060 g/mol. The summed E-state index contributed by atoms with van der Waals surface area (Å²) in [5.41, 5.74) is 4.87. The first-order valence-electron chi connectivity index (χ1n) is 45.4. The van der Waals surface area contributed by atoms with E-state index in [1.807, 2.05) is 0 Å². The van der Waals surface area contributed by atoms with E-state index < -0.39 is 229 Å². The number of aliphatic hydroxyl groups is 30. The number of carbonyl (C=O) groups is 7. The van der Waals surface area contributed by atoms with Crippen LogP contribution in [0.2, 0.25) is 10.0 Å². The summed E-state index contributed by atoms with van der Waals surface area (Å²) >= 11 is 11.6. The molecule has 0 aliphatic rings. The Hall–Kier alpha value is -8.53. The number of carbonyl (C=O) groups excluding carboxylic acids is 7. The van der Waals surface area contributed by atoms with E-state index in [0.29, 0.717) is 54.6 Å². The predicted octanol–water partition coefficient (Wildman–Crippen LogP) is -1.23. The molecule has 0 radical (unpaired) electrons. The van der Waals surface area contributed by atoms with Crippen LogP contribution in [0.25, 0.3) is 0 Å². The third kappa shape index (κ3) is 46.0. The molecule has 0 aliphatic carbocycles. The van der Waals surface area contributed by atoms with Gasteiger partial charge in [0, 0.05) is 55.0 Å². The minimum absolute atomic E-state index is 0. The van der Waals surface area contributed by atoms with Crippen molar-refractivity contribution in [3.8, 4) is 0 Å². The molecule has 0 spiro atoms. The molecule has 7 rings (SSSR count). The van der Waals surface area contributed by atoms with Crippen molar-refractivity contribution in [3.63, 3.8) is 0 Å². The zero-order valence-corrected chi connectivity index (χ0v) is 80.5. The summed E-state index contributed by atoms with van der Waals surface area (Å²) in [7, 11) is 0. The number of halogens is 4. The summed E-state index contributed by atoms with van der Waals surface area (Å²) in [6.45, 7) is 10.9. The lowest BCUT2D eigenvalue weighted by Gasteiger charge is -2.25. The number of benzene rings is 7. The third-order valence-electron chi connectivity index (χ3n) is 22.4. The molecule has 7 aromatic carbocycles. The Morgan fingerprint density at radius 2 is 0.430 bits per heavy atom. The molecule has 0 amide bonds. The van der Waals surface area contributed by atoms with Gasteiger partial charge in [0.2, 0.25) is 0 Å². The summed E-state index contributed by atoms with van der Waals surface area (Å²) in [6.07, 6.45) is -44.1. The van der Waals surface area contributed by atoms with E-state index in [0.717, 1.165) is 0 Å². The van der Waals surface area contributed by atoms with Crippen LogP contribution in [0.5, 0.6) is 0 Å². The van der Waals surface area contributed by atoms with Crippen molar-refractivity contribution < 1.29 is 196 Å². The molecule has 30 N–H and O–H groups in total. The Kier molecular flexibility index (Phi) is 66.1. The summed E-state index contributed by atoms with van der Waals surface area (Å²) in [5, 5.41) is 288. The van der Waals surface area contributed by atoms with Gasteiger partial charge in [0.15, 0.2) is 40.5 Å². The van der Waals surface area contributed by atoms with Gasteiger partial charge in [0.1, 0.15) is 140 Å². The SMILES string of the molecule is C.CC[C@@H](O)[C@@H](O)[C@H](O)[C@@H](O)C(=O)Cc1ccc(CO)cc1.CC[C@@H](O)[C@@H](O)[C@H](O)[C@@H](O)C(=O)Cc1ccc(Cl)cc1.CC[C@@H](O)[C@@H](O)[C@H](O)[C@@H](O)C(=O)Cc1ccc(F)cc1.CC[C@@H](O)[C@@H](O)[C@H](O)[C@@H](O)C(=O)Cc1ccccc1.CC[C@@H](O)[C@@H](O)[C@H](O)[C@@H](O)C(=O)Cc1ccccc1CO.CC[C@@H](O)[C@@H](O)[C@H](O)[C@@H](O)C(=O)Cc1ccccc1Cl.CC[C@@H](O)[C@@H](O)[C@H](O)[C@@H](O)C(=O)Cc1ccccc1F. The van der Waals surface area contributed by atoms with Crippen molar-refractivity contribution in [2.45, 2.75) is 330 Å². The molecule has 798 valence electrons. The standard InChI is InChI=1S/2C15H22O6.2C14H19ClO5.2C14H19FO5.C14H20O5.CH4/c1-2-11(17)13(19)15(21)14(20)12(18)7-9-3-5-10(8-16)6-4-9;1-2-11(17)13(19)15(21)14(20)12(18)7-9-5-3-4-6-10(9)8-16;1-2-10(16)12(18)14(20)13(19)11(17)7-8-3-5-9(15)6-4-8;1-2-10(16)12(18)14(20)13(19)11(17)7-8-5-3-4-6-9(8)15;1-2-10(16)12(18)14(20)13(19)11(17)7-8-3-5-9(15)6-4-8;1-2-10(16)12(18)14(20)13(19)11(17)7-8-5-3-4-6-9(8)15;1-2-10(15)12(17)14(19)13(18)11(16)8-9-6-4-3-5-7-9;/h2*3-6,11,13-17,19-21H,2,7-8H2,1H3;4*3-6,10,12-14,16,18-20H,2,7H2,1H3;3-7,10,12-15,17-19H,2,8H2,1H3;1H4/t2*11-,13-,14+,15+;5*10-,12-,13+,14+;/m1111111./s1. The molecule has 0 aliphatic heterocycles. The van der Waals surface area contributed by atoms with Gasteiger partial charge >= 0.3 is 0 Å². The first kappa shape index (κ1) is 133. The van der Waals surface area contributed by atoms with Crippen LogP contribution in [0.3, 0.4) is 0 Å². The molecular weight excluding hydrogens is 1910 g/mol. The topological polar surface area (TPSA) is 726 Å². The lowest BCUT2D eigenvalue weighted by molar-refractivity contribution is -0.144. The van der Waals surface area contributed by atoms with Gasteiger partial charge in [0.25, 0.3) is 0 Å². The van der Waals surface area contributed by atoms with E-state index >= 15 is 0 Å². The average molecular weight is 2060 g/mol. The molecule has 37 nitrogen and oxygen atoms in total. The maximum atomic E-state index is 13.4. The second-order valence-electron chi connectivity index (χ2n) is 33.1. The Bertz CT molecular complexity index is 4540. The van der Waals surface area contributed by atoms with Gasteiger partial charge in [-0.2, -0.15) is 0 Å². The number of hydrogen-bond acceptors (Lipinski definition) is 37. The molecule has 7 aromatic rings. The second kappa shape index (κ2) is 70.3. The first-order chi connectivity index (χ1) is 66.3. The van der Waals surface area contributed by atoms with Crippen LogP contribution in [0.15, 0.2) is 176 Å². The highest BCUT2D eigenvalue weighted by Gasteiger charge is 2.41. The van der Waals surface area contributed by atoms with Gasteiger partial charge in [-0.3, -0.25) is 33.6 Å². The quantitative estimate of drug-likeness (QED) is 0.0212. The lowest BCUT2D eigenvalue weighted by atomic mass is 9.94. The van der Waals surface area contributed by atoms with Gasteiger partial charge < -0.3 is 153 Å². The second-order valence-corrected chi connectivity index (χ2v) is 34.0. The molecule has 0 aromatic heterocycles. The largest absolute Gasteiger partial charge is 0.392 e. The van der Waals surface area contributed by atoms with E-state index in [2.05, 4.69) is 0 Å². The van der Waals surface area contributed by atoms with Gasteiger partial charge in [-0.1, -0.05) is 219 Å². The van der Waals surface area contributed by atoms with Gasteiger partial charge in [0.05, 0.1) is 55.9 Å². The van der Waals surface area contributed by atoms with Crippen LogP contribution in [-0.2, 0) is 91.7 Å². The minimum atomic E-state index is -1.88. The highest BCUT2D eigenvalue weighted by atomic mass is 35.5. The molecule has 142 heavy (non-hydrogen) atoms. The summed E-state index contributed by atoms with van der Waals surface area (Å²) < 4.78 is 26.1. The Morgan fingerprint density at radius 3 is 0.690 bits per heavy atom. The van der Waals surface area contributed by atoms with E-state index in [1.165, 1.54) is 42.5 Å². The highest BCUT2D eigenvalue weighted by molar-refractivity contribution is 6.31. The van der Waals surface area contributed by atoms with Crippen molar-refractivity contribution in [1.29, 1.82) is 0 Å². The fourth-order valence-corrected chi connectivity index (χ4v) is 13.1. The van der Waals surface area contributed by atoms with Crippen LogP contribution >= 0.6 is 23.2 Å². The third-order valence-corrected chi connectivity index (χ3v) is 23.0. The number of aliphatic hydroxyl groups excluding tert-OH is 30. The first-order valence-corrected chi connectivity index (χ1v) is 46.1. The summed E-state index contributed by atoms with van der Waals surface area (Å²) in [6, 6.07) is 46.0. The molecule has 0 saturated heterocycles. The van der Waals surface area contributed by atoms with Gasteiger partial charge in [-0.15, -0.1) is 0 Å². The van der Waals surface area contributed by atoms with Crippen LogP contribution < -0.4 is 0 Å². The molecule has 0 heterocycles. The van der Waals surface area contributed by atoms with E-state index in [9.17, 15) is 190 Å². The van der Waals surface area contributed by atoms with Crippen molar-refractivity contribution in [2.24, 2.45) is 0 Å². The number of hydrogen-bond donors (Lipinski definition) is 30. The van der Waals surface area contributed by atoms with E-state index in [4.69, 9.17) is 28.3 Å². The number of ketones is 7. The molecule has 0 saturated carbocycles. The van der Waals surface area contributed by atoms with Crippen molar-refractivity contribution in [1.82, 2.24) is 0 Å². The Morgan fingerprint density at radius 1 is 0.225 bits per heavy atom. The fraction of sp³-hybridized carbons (Fsp3) is 0.515. The zero-order valence-electron chi connectivity index (χ0n) is 79.0. The lowest BCUT2D eigenvalue weighted by Crippen LogP contribution is -2.47. The summed E-state index contributed by atoms with van der Waals surface area (Å²) in [4.78, 5) is 82.8. The van der Waals surface area contributed by atoms with Gasteiger partial charge in [-0.05, 0) is 131 Å². The van der Waals surface area contributed by atoms with Crippen molar-refractivity contribution in [3.05, 3.63) is 248 Å². The minimum Gasteiger partial charge on any atom is -0.392 e. The molecule has 41 heteroatoms. The fourth-order valence-electron chi connectivity index (χ4n) is 12.8. The van der Waals surface area contributed by atoms with Crippen molar-refractivity contribution in [2.75, 3.05) is 0 Å². The van der Waals surface area contributed by atoms with Crippen LogP contribution in [0.1, 0.15) is 151 Å². The normalized spacial score (nSPS) is 17.1. The smallest absolute Gasteiger partial charge is 0.168 e. The molecule has 0 unspecified atom stereocenters. The molecule has 0 fully saturated rings. The molecular formula is C101H144Cl2F2O37. The van der Waals surface area contributed by atoms with Crippen LogP contribution in [-0.4, -0.2) is 365 Å².